The van der Waals surface area contributed by atoms with Gasteiger partial charge in [0.05, 0.1) is 16.5 Å². The highest BCUT2D eigenvalue weighted by atomic mass is 35.5. The van der Waals surface area contributed by atoms with E-state index in [4.69, 9.17) is 11.6 Å². The fourth-order valence-electron chi connectivity index (χ4n) is 2.15. The minimum Gasteiger partial charge on any atom is -0.302 e. The molecule has 0 radical (unpaired) electrons. The first kappa shape index (κ1) is 14.0. The molecule has 3 heterocycles. The molecule has 20 heavy (non-hydrogen) atoms. The number of carbonyl (C=O) groups is 1. The summed E-state index contributed by atoms with van der Waals surface area (Å²) in [6.07, 6.45) is 1.31. The summed E-state index contributed by atoms with van der Waals surface area (Å²) in [7, 11) is 2.10. The molecule has 0 saturated carbocycles. The number of nitrogens with zero attached hydrogens (tertiary/aromatic N) is 2. The lowest BCUT2D eigenvalue weighted by Gasteiger charge is -2.20. The van der Waals surface area contributed by atoms with E-state index in [0.29, 0.717) is 15.9 Å². The number of carbonyl (C=O) groups excluding carboxylic acids is 1. The summed E-state index contributed by atoms with van der Waals surface area (Å²) in [6.45, 7) is 1.95. The number of anilines is 1. The number of aromatic nitrogens is 1. The van der Waals surface area contributed by atoms with Crippen LogP contribution >= 0.6 is 34.3 Å². The SMILES string of the molecule is CN1CCc2nc(NC(=O)Cc3ccc(Cl)s3)sc2C1. The predicted molar refractivity (Wildman–Crippen MR) is 83.8 cm³/mol. The average Bonchev–Trinajstić information content (AvgIpc) is 2.94. The molecule has 0 aromatic carbocycles. The molecule has 2 aromatic heterocycles. The Hall–Kier alpha value is -0.950. The normalized spacial score (nSPS) is 15.1. The first-order chi connectivity index (χ1) is 9.60. The van der Waals surface area contributed by atoms with Gasteiger partial charge >= 0.3 is 0 Å². The minimum absolute atomic E-state index is 0.0389. The van der Waals surface area contributed by atoms with E-state index in [0.717, 1.165) is 30.1 Å². The molecule has 3 rings (SSSR count). The van der Waals surface area contributed by atoms with Gasteiger partial charge in [0.25, 0.3) is 0 Å². The molecule has 0 saturated heterocycles. The van der Waals surface area contributed by atoms with Gasteiger partial charge in [-0.2, -0.15) is 0 Å². The molecule has 7 heteroatoms. The van der Waals surface area contributed by atoms with E-state index in [-0.39, 0.29) is 5.91 Å². The largest absolute Gasteiger partial charge is 0.302 e. The topological polar surface area (TPSA) is 45.2 Å². The Morgan fingerprint density at radius 2 is 2.35 bits per heavy atom. The van der Waals surface area contributed by atoms with Crippen LogP contribution in [0.15, 0.2) is 12.1 Å². The van der Waals surface area contributed by atoms with E-state index >= 15 is 0 Å². The molecule has 0 aliphatic carbocycles. The number of fused-ring (bicyclic) bond motifs is 1. The summed E-state index contributed by atoms with van der Waals surface area (Å²) in [6, 6.07) is 3.70. The first-order valence-corrected chi connectivity index (χ1v) is 8.32. The van der Waals surface area contributed by atoms with Gasteiger partial charge in [0, 0.05) is 29.3 Å². The van der Waals surface area contributed by atoms with Crippen molar-refractivity contribution in [2.75, 3.05) is 18.9 Å². The summed E-state index contributed by atoms with van der Waals surface area (Å²) >= 11 is 8.87. The Labute approximate surface area is 130 Å². The van der Waals surface area contributed by atoms with E-state index in [1.165, 1.54) is 16.2 Å². The van der Waals surface area contributed by atoms with Crippen molar-refractivity contribution in [1.29, 1.82) is 0 Å². The number of rotatable bonds is 3. The fourth-order valence-corrected chi connectivity index (χ4v) is 4.34. The number of nitrogens with one attached hydrogen (secondary N) is 1. The quantitative estimate of drug-likeness (QED) is 0.942. The van der Waals surface area contributed by atoms with Crippen molar-refractivity contribution in [3.63, 3.8) is 0 Å². The van der Waals surface area contributed by atoms with E-state index < -0.39 is 0 Å². The van der Waals surface area contributed by atoms with Crippen molar-refractivity contribution in [3.05, 3.63) is 31.9 Å². The highest BCUT2D eigenvalue weighted by Gasteiger charge is 2.19. The number of amides is 1. The third kappa shape index (κ3) is 3.20. The van der Waals surface area contributed by atoms with Crippen LogP contribution in [0.4, 0.5) is 5.13 Å². The second kappa shape index (κ2) is 5.81. The van der Waals surface area contributed by atoms with Gasteiger partial charge in [0.15, 0.2) is 5.13 Å². The summed E-state index contributed by atoms with van der Waals surface area (Å²) in [5.41, 5.74) is 1.13. The molecule has 1 N–H and O–H groups in total. The van der Waals surface area contributed by atoms with Crippen LogP contribution in [0.1, 0.15) is 15.4 Å². The molecule has 106 valence electrons. The highest BCUT2D eigenvalue weighted by molar-refractivity contribution is 7.16. The zero-order chi connectivity index (χ0) is 14.1. The zero-order valence-electron chi connectivity index (χ0n) is 11.0. The number of thiazole rings is 1. The van der Waals surface area contributed by atoms with Crippen LogP contribution in [0.2, 0.25) is 4.34 Å². The third-order valence-corrected chi connectivity index (χ3v) is 5.36. The van der Waals surface area contributed by atoms with Crippen molar-refractivity contribution in [2.24, 2.45) is 0 Å². The van der Waals surface area contributed by atoms with Gasteiger partial charge in [0.2, 0.25) is 5.91 Å². The van der Waals surface area contributed by atoms with Crippen LogP contribution in [0, 0.1) is 0 Å². The number of likely N-dealkylation sites (N-methyl/N-ethyl adjacent to an activating group) is 1. The van der Waals surface area contributed by atoms with Gasteiger partial charge in [-0.25, -0.2) is 4.98 Å². The molecule has 1 amide bonds. The molecule has 0 unspecified atom stereocenters. The van der Waals surface area contributed by atoms with Crippen molar-refractivity contribution < 1.29 is 4.79 Å². The molecule has 0 spiro atoms. The summed E-state index contributed by atoms with van der Waals surface area (Å²) in [5, 5.41) is 3.59. The van der Waals surface area contributed by atoms with Gasteiger partial charge < -0.3 is 10.2 Å². The summed E-state index contributed by atoms with van der Waals surface area (Å²) in [5.74, 6) is -0.0389. The lowest BCUT2D eigenvalue weighted by atomic mass is 10.2. The van der Waals surface area contributed by atoms with Crippen LogP contribution in [-0.2, 0) is 24.2 Å². The van der Waals surface area contributed by atoms with E-state index in [9.17, 15) is 4.79 Å². The first-order valence-electron chi connectivity index (χ1n) is 6.31. The Balaban J connectivity index is 1.64. The monoisotopic (exact) mass is 327 g/mol. The Bertz CT molecular complexity index is 637. The Kier molecular flexibility index (Phi) is 4.07. The molecule has 1 aliphatic heterocycles. The van der Waals surface area contributed by atoms with E-state index in [1.807, 2.05) is 12.1 Å². The molecule has 0 bridgehead atoms. The lowest BCUT2D eigenvalue weighted by molar-refractivity contribution is -0.115. The smallest absolute Gasteiger partial charge is 0.231 e. The Morgan fingerprint density at radius 1 is 1.50 bits per heavy atom. The van der Waals surface area contributed by atoms with Gasteiger partial charge in [0.1, 0.15) is 0 Å². The van der Waals surface area contributed by atoms with Crippen LogP contribution in [0.25, 0.3) is 0 Å². The number of halogens is 1. The average molecular weight is 328 g/mol. The predicted octanol–water partition coefficient (Wildman–Crippen LogP) is 3.03. The van der Waals surface area contributed by atoms with Gasteiger partial charge in [-0.15, -0.1) is 22.7 Å². The summed E-state index contributed by atoms with van der Waals surface area (Å²) < 4.78 is 0.709. The molecule has 1 aliphatic rings. The van der Waals surface area contributed by atoms with E-state index in [1.54, 1.807) is 11.3 Å². The number of hydrogen-bond donors (Lipinski definition) is 1. The molecular weight excluding hydrogens is 314 g/mol. The third-order valence-electron chi connectivity index (χ3n) is 3.13. The van der Waals surface area contributed by atoms with Crippen molar-refractivity contribution in [2.45, 2.75) is 19.4 Å². The maximum Gasteiger partial charge on any atom is 0.231 e. The molecule has 2 aromatic rings. The minimum atomic E-state index is -0.0389. The standard InChI is InChI=1S/C13H14ClN3OS2/c1-17-5-4-9-10(7-17)20-13(15-9)16-12(18)6-8-2-3-11(14)19-8/h2-3H,4-7H2,1H3,(H,15,16,18). The van der Waals surface area contributed by atoms with Crippen molar-refractivity contribution in [1.82, 2.24) is 9.88 Å². The van der Waals surface area contributed by atoms with Crippen molar-refractivity contribution in [3.8, 4) is 0 Å². The fraction of sp³-hybridized carbons (Fsp3) is 0.385. The van der Waals surface area contributed by atoms with Crippen LogP contribution in [0.3, 0.4) is 0 Å². The van der Waals surface area contributed by atoms with Crippen molar-refractivity contribution >= 4 is 45.3 Å². The number of hydrogen-bond acceptors (Lipinski definition) is 5. The second-order valence-corrected chi connectivity index (χ2v) is 7.69. The molecule has 4 nitrogen and oxygen atoms in total. The van der Waals surface area contributed by atoms with E-state index in [2.05, 4.69) is 22.2 Å². The lowest BCUT2D eigenvalue weighted by Crippen LogP contribution is -2.25. The van der Waals surface area contributed by atoms with Gasteiger partial charge in [-0.05, 0) is 19.2 Å². The van der Waals surface area contributed by atoms with Gasteiger partial charge in [-0.3, -0.25) is 4.79 Å². The maximum absolute atomic E-state index is 12.0. The maximum atomic E-state index is 12.0. The second-order valence-electron chi connectivity index (χ2n) is 4.81. The van der Waals surface area contributed by atoms with Crippen LogP contribution in [-0.4, -0.2) is 29.4 Å². The molecule has 0 atom stereocenters. The zero-order valence-corrected chi connectivity index (χ0v) is 13.4. The molecular formula is C13H14ClN3OS2. The van der Waals surface area contributed by atoms with Gasteiger partial charge in [-0.1, -0.05) is 11.6 Å². The molecule has 0 fully saturated rings. The van der Waals surface area contributed by atoms with Crippen LogP contribution < -0.4 is 5.32 Å². The highest BCUT2D eigenvalue weighted by Crippen LogP contribution is 2.28. The number of thiophene rings is 1. The Morgan fingerprint density at radius 3 is 3.10 bits per heavy atom. The van der Waals surface area contributed by atoms with Crippen LogP contribution in [0.5, 0.6) is 0 Å². The summed E-state index contributed by atoms with van der Waals surface area (Å²) in [4.78, 5) is 21.0.